The molecule has 1 fully saturated rings. The van der Waals surface area contributed by atoms with Crippen LogP contribution in [0.5, 0.6) is 5.75 Å². The Kier molecular flexibility index (Phi) is 5.32. The molecule has 26 heavy (non-hydrogen) atoms. The summed E-state index contributed by atoms with van der Waals surface area (Å²) in [7, 11) is 3.39. The first kappa shape index (κ1) is 18.5. The summed E-state index contributed by atoms with van der Waals surface area (Å²) in [6, 6.07) is 5.90. The topological polar surface area (TPSA) is 64.4 Å². The highest BCUT2D eigenvalue weighted by Gasteiger charge is 2.34. The summed E-state index contributed by atoms with van der Waals surface area (Å²) in [5.41, 5.74) is -0.0429. The summed E-state index contributed by atoms with van der Waals surface area (Å²) in [6.45, 7) is -0.0584. The minimum atomic E-state index is -1.33. The number of halogens is 2. The van der Waals surface area contributed by atoms with Crippen molar-refractivity contribution in [1.82, 2.24) is 9.78 Å². The van der Waals surface area contributed by atoms with E-state index in [0.717, 1.165) is 4.68 Å². The van der Waals surface area contributed by atoms with Gasteiger partial charge in [-0.2, -0.15) is 5.10 Å². The van der Waals surface area contributed by atoms with Gasteiger partial charge in [0.2, 0.25) is 5.91 Å². The molecule has 1 aliphatic heterocycles. The lowest BCUT2D eigenvalue weighted by Gasteiger charge is -2.17. The zero-order chi connectivity index (χ0) is 18.8. The molecule has 138 valence electrons. The Bertz CT molecular complexity index is 888. The number of anilines is 1. The average molecular weight is 381 g/mol. The summed E-state index contributed by atoms with van der Waals surface area (Å²) in [6.07, 6.45) is 1.43. The minimum Gasteiger partial charge on any atom is -0.497 e. The molecule has 0 spiro atoms. The third-order valence-electron chi connectivity index (χ3n) is 4.30. The first-order valence-electron chi connectivity index (χ1n) is 8.00. The zero-order valence-corrected chi connectivity index (χ0v) is 15.2. The molecule has 0 bridgehead atoms. The van der Waals surface area contributed by atoms with Crippen LogP contribution in [0.25, 0.3) is 0 Å². The summed E-state index contributed by atoms with van der Waals surface area (Å²) in [5.74, 6) is -2.07. The van der Waals surface area contributed by atoms with E-state index in [1.165, 1.54) is 30.3 Å². The molecule has 2 aromatic rings. The fourth-order valence-electron chi connectivity index (χ4n) is 3.06. The molecule has 1 aromatic heterocycles. The molecule has 3 rings (SSSR count). The third-order valence-corrected chi connectivity index (χ3v) is 4.51. The second-order valence-electron chi connectivity index (χ2n) is 6.01. The maximum Gasteiger partial charge on any atom is 0.290 e. The molecule has 2 heterocycles. The van der Waals surface area contributed by atoms with E-state index in [2.05, 4.69) is 5.10 Å². The van der Waals surface area contributed by atoms with Gasteiger partial charge >= 0.3 is 0 Å². The number of ether oxygens (including phenoxy) is 1. The lowest BCUT2D eigenvalue weighted by Crippen LogP contribution is -2.35. The number of nitrogens with zero attached hydrogens (tertiary/aromatic N) is 3. The van der Waals surface area contributed by atoms with Crippen molar-refractivity contribution in [2.75, 3.05) is 18.6 Å². The molecule has 9 heteroatoms. The maximum absolute atomic E-state index is 14.3. The van der Waals surface area contributed by atoms with Crippen molar-refractivity contribution in [3.05, 3.63) is 52.2 Å². The number of benzene rings is 1. The normalized spacial score (nSPS) is 18.2. The average Bonchev–Trinajstić information content (AvgIpc) is 2.97. The van der Waals surface area contributed by atoms with Crippen LogP contribution in [0.2, 0.25) is 0 Å². The molecular weight excluding hydrogens is 363 g/mol. The van der Waals surface area contributed by atoms with E-state index in [1.807, 2.05) is 9.24 Å². The highest BCUT2D eigenvalue weighted by molar-refractivity contribution is 7.17. The second-order valence-corrected chi connectivity index (χ2v) is 6.74. The predicted octanol–water partition coefficient (Wildman–Crippen LogP) is 2.08. The van der Waals surface area contributed by atoms with Crippen LogP contribution in [0.3, 0.4) is 0 Å². The van der Waals surface area contributed by atoms with Crippen LogP contribution in [0.15, 0.2) is 35.3 Å². The van der Waals surface area contributed by atoms with Crippen molar-refractivity contribution in [3.63, 3.8) is 0 Å². The van der Waals surface area contributed by atoms with Gasteiger partial charge in [0.25, 0.3) is 5.56 Å². The molecule has 3 atom stereocenters. The van der Waals surface area contributed by atoms with Crippen molar-refractivity contribution in [3.8, 4) is 5.75 Å². The van der Waals surface area contributed by atoms with Crippen molar-refractivity contribution in [2.24, 2.45) is 0 Å². The van der Waals surface area contributed by atoms with Gasteiger partial charge in [-0.15, -0.1) is 0 Å². The van der Waals surface area contributed by atoms with E-state index in [-0.39, 0.29) is 37.0 Å². The number of rotatable bonds is 5. The van der Waals surface area contributed by atoms with Gasteiger partial charge in [-0.05, 0) is 17.7 Å². The lowest BCUT2D eigenvalue weighted by atomic mass is 9.97. The van der Waals surface area contributed by atoms with Crippen LogP contribution in [-0.4, -0.2) is 35.3 Å². The smallest absolute Gasteiger partial charge is 0.290 e. The number of amides is 1. The molecule has 1 aliphatic rings. The molecule has 0 N–H and O–H groups in total. The van der Waals surface area contributed by atoms with E-state index >= 15 is 0 Å². The second kappa shape index (κ2) is 7.50. The Morgan fingerprint density at radius 1 is 1.38 bits per heavy atom. The molecule has 1 amide bonds. The highest BCUT2D eigenvalue weighted by Crippen LogP contribution is 2.33. The minimum absolute atomic E-state index is 0.0837. The number of hydrogen-bond donors (Lipinski definition) is 0. The number of hydrogen-bond acceptors (Lipinski definition) is 4. The highest BCUT2D eigenvalue weighted by atomic mass is 31.0. The number of carbonyl (C=O) groups is 1. The van der Waals surface area contributed by atoms with E-state index in [9.17, 15) is 18.4 Å². The lowest BCUT2D eigenvalue weighted by molar-refractivity contribution is -0.117. The predicted molar refractivity (Wildman–Crippen MR) is 95.8 cm³/mol. The van der Waals surface area contributed by atoms with E-state index in [1.54, 1.807) is 12.1 Å². The van der Waals surface area contributed by atoms with E-state index in [0.29, 0.717) is 11.3 Å². The van der Waals surface area contributed by atoms with Gasteiger partial charge < -0.3 is 9.64 Å². The van der Waals surface area contributed by atoms with Gasteiger partial charge in [0.1, 0.15) is 23.2 Å². The Hall–Kier alpha value is -2.34. The molecule has 6 nitrogen and oxygen atoms in total. The number of methoxy groups -OCH3 is 1. The Morgan fingerprint density at radius 3 is 2.81 bits per heavy atom. The first-order chi connectivity index (χ1) is 12.4. The van der Waals surface area contributed by atoms with Gasteiger partial charge in [0.05, 0.1) is 13.7 Å². The van der Waals surface area contributed by atoms with Crippen LogP contribution in [-0.2, 0) is 11.3 Å². The summed E-state index contributed by atoms with van der Waals surface area (Å²) in [5, 5.41) is 3.82. The van der Waals surface area contributed by atoms with E-state index < -0.39 is 17.3 Å². The first-order valence-corrected chi connectivity index (χ1v) is 8.67. The Balaban J connectivity index is 1.88. The van der Waals surface area contributed by atoms with Crippen LogP contribution in [0.4, 0.5) is 14.5 Å². The summed E-state index contributed by atoms with van der Waals surface area (Å²) in [4.78, 5) is 26.2. The monoisotopic (exact) mass is 381 g/mol. The van der Waals surface area contributed by atoms with Gasteiger partial charge in [-0.25, -0.2) is 13.5 Å². The number of alkyl halides is 1. The fourth-order valence-corrected chi connectivity index (χ4v) is 3.26. The van der Waals surface area contributed by atoms with Crippen molar-refractivity contribution in [2.45, 2.75) is 24.8 Å². The summed E-state index contributed by atoms with van der Waals surface area (Å²) >= 11 is 0. The number of carbonyl (C=O) groups excluding carboxylic acids is 1. The fraction of sp³-hybridized carbons (Fsp3) is 0.353. The van der Waals surface area contributed by atoms with Crippen molar-refractivity contribution >= 4 is 20.8 Å². The molecule has 0 saturated carbocycles. The molecule has 0 aliphatic carbocycles. The van der Waals surface area contributed by atoms with Crippen LogP contribution in [0.1, 0.15) is 17.9 Å². The third kappa shape index (κ3) is 3.60. The maximum atomic E-state index is 14.3. The molecule has 2 unspecified atom stereocenters. The zero-order valence-electron chi connectivity index (χ0n) is 14.1. The van der Waals surface area contributed by atoms with Crippen LogP contribution >= 0.6 is 9.24 Å². The van der Waals surface area contributed by atoms with Crippen molar-refractivity contribution in [1.29, 1.82) is 0 Å². The van der Waals surface area contributed by atoms with Crippen LogP contribution < -0.4 is 15.2 Å². The molecule has 1 saturated heterocycles. The Morgan fingerprint density at radius 2 is 2.15 bits per heavy atom. The van der Waals surface area contributed by atoms with Gasteiger partial charge in [-0.3, -0.25) is 9.59 Å². The molecular formula is C17H18F2N3O3P. The van der Waals surface area contributed by atoms with Gasteiger partial charge in [0, 0.05) is 31.1 Å². The molecule has 0 radical (unpaired) electrons. The molecule has 1 aromatic carbocycles. The van der Waals surface area contributed by atoms with Gasteiger partial charge in [-0.1, -0.05) is 15.3 Å². The van der Waals surface area contributed by atoms with Crippen molar-refractivity contribution < 1.29 is 18.3 Å². The standard InChI is InChI=1S/C17H18F2N3O3P/c1-25-11-2-3-12(13(18)7-11)10-6-16(23)21(8-10)14-4-5-20-22(17(14)24)9-15(19)26/h2-5,7,10,15H,6,8-9,26H2,1H3/t10-,15?/m0/s1. The van der Waals surface area contributed by atoms with Crippen LogP contribution in [0, 0.1) is 5.82 Å². The Labute approximate surface area is 151 Å². The van der Waals surface area contributed by atoms with Gasteiger partial charge in [0.15, 0.2) is 0 Å². The quantitative estimate of drug-likeness (QED) is 0.744. The summed E-state index contributed by atoms with van der Waals surface area (Å²) < 4.78 is 33.4. The van der Waals surface area contributed by atoms with E-state index in [4.69, 9.17) is 4.74 Å². The number of aromatic nitrogens is 2. The SMILES string of the molecule is COc1ccc([C@H]2CC(=O)N(c3ccnn(CC(F)P)c3=O)C2)c(F)c1. The largest absolute Gasteiger partial charge is 0.497 e.